The van der Waals surface area contributed by atoms with E-state index in [4.69, 9.17) is 9.16 Å². The standard InChI is InChI=1S/C20H37NO3Si/c1-9-10-11-15-12-13(2)17(24-25(7,8)20(4,5)6)14(3)16-18(15)23-19(22)21-16/h12-14,16-18H,9-11H2,1-8H3,(H,21,22)/t13-,14+,16+,17-,18-/m0/s1. The summed E-state index contributed by atoms with van der Waals surface area (Å²) in [6, 6.07) is 0.00956. The van der Waals surface area contributed by atoms with E-state index in [1.165, 1.54) is 5.57 Å². The van der Waals surface area contributed by atoms with E-state index >= 15 is 0 Å². The zero-order valence-electron chi connectivity index (χ0n) is 17.3. The molecule has 25 heavy (non-hydrogen) atoms. The van der Waals surface area contributed by atoms with Crippen molar-refractivity contribution in [3.8, 4) is 0 Å². The van der Waals surface area contributed by atoms with Gasteiger partial charge in [0.2, 0.25) is 0 Å². The van der Waals surface area contributed by atoms with E-state index in [9.17, 15) is 4.79 Å². The summed E-state index contributed by atoms with van der Waals surface area (Å²) in [5, 5.41) is 3.23. The van der Waals surface area contributed by atoms with Crippen molar-refractivity contribution < 1.29 is 14.0 Å². The maximum Gasteiger partial charge on any atom is 0.408 e. The Hall–Kier alpha value is -0.813. The van der Waals surface area contributed by atoms with Gasteiger partial charge >= 0.3 is 6.09 Å². The molecule has 5 heteroatoms. The van der Waals surface area contributed by atoms with E-state index in [-0.39, 0.29) is 35.3 Å². The average Bonchev–Trinajstić information content (AvgIpc) is 2.85. The fourth-order valence-electron chi connectivity index (χ4n) is 3.70. The number of unbranched alkanes of at least 4 members (excludes halogenated alkanes) is 1. The highest BCUT2D eigenvalue weighted by Crippen LogP contribution is 2.42. The summed E-state index contributed by atoms with van der Waals surface area (Å²) in [6.07, 6.45) is 5.28. The third-order valence-corrected chi connectivity index (χ3v) is 10.8. The predicted molar refractivity (Wildman–Crippen MR) is 105 cm³/mol. The van der Waals surface area contributed by atoms with Crippen LogP contribution in [0.4, 0.5) is 4.79 Å². The molecule has 1 fully saturated rings. The first kappa shape index (κ1) is 20.5. The molecule has 1 N–H and O–H groups in total. The minimum Gasteiger partial charge on any atom is -0.439 e. The van der Waals surface area contributed by atoms with Gasteiger partial charge < -0.3 is 14.5 Å². The van der Waals surface area contributed by atoms with Gasteiger partial charge in [-0.25, -0.2) is 4.79 Å². The molecule has 2 rings (SSSR count). The Kier molecular flexibility index (Phi) is 6.09. The molecule has 1 aliphatic carbocycles. The SMILES string of the molecule is CCCCC1=C[C@H](C)[C@H](O[Si](C)(C)C(C)(C)C)[C@H](C)[C@H]2NC(=O)O[C@@H]12. The molecule has 144 valence electrons. The lowest BCUT2D eigenvalue weighted by molar-refractivity contribution is 0.0691. The molecular weight excluding hydrogens is 330 g/mol. The lowest BCUT2D eigenvalue weighted by Crippen LogP contribution is -2.51. The second kappa shape index (κ2) is 7.43. The van der Waals surface area contributed by atoms with E-state index in [1.54, 1.807) is 0 Å². The maximum atomic E-state index is 11.9. The number of carbonyl (C=O) groups is 1. The van der Waals surface area contributed by atoms with Crippen LogP contribution >= 0.6 is 0 Å². The van der Waals surface area contributed by atoms with E-state index < -0.39 is 8.32 Å². The summed E-state index contributed by atoms with van der Waals surface area (Å²) in [5.74, 6) is 0.540. The first-order valence-corrected chi connectivity index (χ1v) is 12.7. The number of rotatable bonds is 5. The quantitative estimate of drug-likeness (QED) is 0.533. The molecule has 1 aliphatic heterocycles. The highest BCUT2D eigenvalue weighted by atomic mass is 28.4. The van der Waals surface area contributed by atoms with Crippen LogP contribution in [0.15, 0.2) is 11.6 Å². The Bertz CT molecular complexity index is 524. The van der Waals surface area contributed by atoms with E-state index in [1.807, 2.05) is 0 Å². The van der Waals surface area contributed by atoms with Gasteiger partial charge in [-0.1, -0.05) is 54.0 Å². The van der Waals surface area contributed by atoms with Gasteiger partial charge in [-0.15, -0.1) is 0 Å². The fraction of sp³-hybridized carbons (Fsp3) is 0.850. The second-order valence-corrected chi connectivity index (χ2v) is 14.2. The van der Waals surface area contributed by atoms with Crippen molar-refractivity contribution in [3.63, 3.8) is 0 Å². The highest BCUT2D eigenvalue weighted by molar-refractivity contribution is 6.74. The minimum atomic E-state index is -1.89. The summed E-state index contributed by atoms with van der Waals surface area (Å²) in [6.45, 7) is 18.1. The van der Waals surface area contributed by atoms with Gasteiger partial charge in [-0.2, -0.15) is 0 Å². The molecule has 0 spiro atoms. The lowest BCUT2D eigenvalue weighted by atomic mass is 9.88. The van der Waals surface area contributed by atoms with Gasteiger partial charge in [0.1, 0.15) is 6.10 Å². The minimum absolute atomic E-state index is 0.00956. The number of alkyl carbamates (subject to hydrolysis) is 1. The van der Waals surface area contributed by atoms with Crippen LogP contribution in [0.5, 0.6) is 0 Å². The van der Waals surface area contributed by atoms with Gasteiger partial charge in [0.25, 0.3) is 0 Å². The van der Waals surface area contributed by atoms with Crippen molar-refractivity contribution in [2.24, 2.45) is 11.8 Å². The Labute approximate surface area is 154 Å². The van der Waals surface area contributed by atoms with Gasteiger partial charge in [0.05, 0.1) is 12.1 Å². The Morgan fingerprint density at radius 2 is 1.92 bits per heavy atom. The molecule has 4 nitrogen and oxygen atoms in total. The zero-order chi connectivity index (χ0) is 19.0. The van der Waals surface area contributed by atoms with E-state index in [0.717, 1.165) is 19.3 Å². The Morgan fingerprint density at radius 3 is 2.48 bits per heavy atom. The second-order valence-electron chi connectivity index (χ2n) is 9.40. The van der Waals surface area contributed by atoms with E-state index in [0.29, 0.717) is 5.92 Å². The van der Waals surface area contributed by atoms with Crippen LogP contribution < -0.4 is 5.32 Å². The van der Waals surface area contributed by atoms with Gasteiger partial charge in [-0.3, -0.25) is 0 Å². The van der Waals surface area contributed by atoms with Gasteiger partial charge in [0, 0.05) is 5.92 Å². The molecule has 5 atom stereocenters. The summed E-state index contributed by atoms with van der Waals surface area (Å²) < 4.78 is 12.5. The molecule has 1 heterocycles. The first-order chi connectivity index (χ1) is 11.5. The van der Waals surface area contributed by atoms with Crippen molar-refractivity contribution >= 4 is 14.4 Å². The van der Waals surface area contributed by atoms with Crippen LogP contribution in [-0.2, 0) is 9.16 Å². The van der Waals surface area contributed by atoms with Gasteiger partial charge in [0.15, 0.2) is 8.32 Å². The number of nitrogens with one attached hydrogen (secondary N) is 1. The first-order valence-electron chi connectivity index (χ1n) is 9.83. The molecule has 0 bridgehead atoms. The average molecular weight is 368 g/mol. The molecular formula is C20H37NO3Si. The molecule has 0 saturated carbocycles. The van der Waals surface area contributed by atoms with E-state index in [2.05, 4.69) is 66.0 Å². The molecule has 0 aromatic rings. The number of fused-ring (bicyclic) bond motifs is 1. The van der Waals surface area contributed by atoms with Crippen molar-refractivity contribution in [1.82, 2.24) is 5.32 Å². The molecule has 2 aliphatic rings. The summed E-state index contributed by atoms with van der Waals surface area (Å²) in [7, 11) is -1.89. The smallest absolute Gasteiger partial charge is 0.408 e. The number of ether oxygens (including phenoxy) is 1. The summed E-state index contributed by atoms with van der Waals surface area (Å²) in [5.41, 5.74) is 1.27. The zero-order valence-corrected chi connectivity index (χ0v) is 18.3. The third-order valence-electron chi connectivity index (χ3n) is 6.35. The number of carbonyl (C=O) groups excluding carboxylic acids is 1. The Morgan fingerprint density at radius 1 is 1.28 bits per heavy atom. The van der Waals surface area contributed by atoms with Crippen molar-refractivity contribution in [2.45, 2.75) is 97.2 Å². The van der Waals surface area contributed by atoms with Crippen LogP contribution in [0.2, 0.25) is 18.1 Å². The highest BCUT2D eigenvalue weighted by Gasteiger charge is 2.48. The molecule has 1 saturated heterocycles. The molecule has 0 aromatic heterocycles. The summed E-state index contributed by atoms with van der Waals surface area (Å²) in [4.78, 5) is 11.9. The number of hydrogen-bond donors (Lipinski definition) is 1. The molecule has 0 aromatic carbocycles. The number of amides is 1. The topological polar surface area (TPSA) is 47.6 Å². The largest absolute Gasteiger partial charge is 0.439 e. The van der Waals surface area contributed by atoms with Crippen LogP contribution in [0.3, 0.4) is 0 Å². The number of hydrogen-bond acceptors (Lipinski definition) is 3. The molecule has 0 radical (unpaired) electrons. The predicted octanol–water partition coefficient (Wildman–Crippen LogP) is 5.26. The van der Waals surface area contributed by atoms with Gasteiger partial charge in [-0.05, 0) is 42.5 Å². The van der Waals surface area contributed by atoms with Crippen molar-refractivity contribution in [3.05, 3.63) is 11.6 Å². The van der Waals surface area contributed by atoms with Crippen LogP contribution in [0.25, 0.3) is 0 Å². The van der Waals surface area contributed by atoms with Crippen molar-refractivity contribution in [1.29, 1.82) is 0 Å². The maximum absolute atomic E-state index is 11.9. The van der Waals surface area contributed by atoms with Crippen LogP contribution in [0.1, 0.15) is 60.8 Å². The fourth-order valence-corrected chi connectivity index (χ4v) is 5.16. The Balaban J connectivity index is 2.32. The molecule has 1 amide bonds. The van der Waals surface area contributed by atoms with Crippen LogP contribution in [-0.4, -0.2) is 32.7 Å². The monoisotopic (exact) mass is 367 g/mol. The normalized spacial score (nSPS) is 33.2. The third kappa shape index (κ3) is 4.30. The molecule has 0 unspecified atom stereocenters. The summed E-state index contributed by atoms with van der Waals surface area (Å²) >= 11 is 0. The lowest BCUT2D eigenvalue weighted by Gasteiger charge is -2.43. The van der Waals surface area contributed by atoms with Crippen LogP contribution in [0, 0.1) is 11.8 Å². The van der Waals surface area contributed by atoms with Crippen molar-refractivity contribution in [2.75, 3.05) is 0 Å².